The molecule has 1 heterocycles. The summed E-state index contributed by atoms with van der Waals surface area (Å²) in [6.45, 7) is 1.50. The van der Waals surface area contributed by atoms with Crippen molar-refractivity contribution < 1.29 is 9.90 Å². The fraction of sp³-hybridized carbons (Fsp3) is 0.188. The summed E-state index contributed by atoms with van der Waals surface area (Å²) in [6.07, 6.45) is 0.565. The number of carbonyl (C=O) groups is 1. The topological polar surface area (TPSA) is 40.5 Å². The van der Waals surface area contributed by atoms with Crippen LogP contribution in [0.1, 0.15) is 22.3 Å². The van der Waals surface area contributed by atoms with Gasteiger partial charge >= 0.3 is 0 Å². The molecule has 96 valence electrons. The third-order valence-electron chi connectivity index (χ3n) is 3.46. The van der Waals surface area contributed by atoms with E-state index in [0.29, 0.717) is 6.42 Å². The minimum atomic E-state index is 0.220. The lowest BCUT2D eigenvalue weighted by Crippen LogP contribution is -2.31. The summed E-state index contributed by atoms with van der Waals surface area (Å²) in [5, 5.41) is 9.30. The van der Waals surface area contributed by atoms with Crippen LogP contribution in [0.15, 0.2) is 48.5 Å². The largest absolute Gasteiger partial charge is 0.508 e. The van der Waals surface area contributed by atoms with Gasteiger partial charge in [-0.2, -0.15) is 0 Å². The van der Waals surface area contributed by atoms with Gasteiger partial charge in [0, 0.05) is 30.8 Å². The summed E-state index contributed by atoms with van der Waals surface area (Å²) in [5.41, 5.74) is 2.95. The van der Waals surface area contributed by atoms with E-state index in [9.17, 15) is 9.90 Å². The van der Waals surface area contributed by atoms with Gasteiger partial charge in [0.25, 0.3) is 0 Å². The van der Waals surface area contributed by atoms with Gasteiger partial charge in [0.2, 0.25) is 0 Å². The van der Waals surface area contributed by atoms with Crippen molar-refractivity contribution in [3.05, 3.63) is 59.7 Å². The van der Waals surface area contributed by atoms with E-state index >= 15 is 0 Å². The molecular weight excluding hydrogens is 238 g/mol. The molecule has 19 heavy (non-hydrogen) atoms. The highest BCUT2D eigenvalue weighted by atomic mass is 16.3. The molecule has 0 atom stereocenters. The van der Waals surface area contributed by atoms with Crippen molar-refractivity contribution in [1.29, 1.82) is 0 Å². The highest BCUT2D eigenvalue weighted by Gasteiger charge is 2.22. The molecule has 0 unspecified atom stereocenters. The molecule has 0 spiro atoms. The van der Waals surface area contributed by atoms with Crippen molar-refractivity contribution in [2.24, 2.45) is 0 Å². The zero-order chi connectivity index (χ0) is 13.2. The maximum atomic E-state index is 11.9. The standard InChI is InChI=1S/C16H15NO2/c18-13-7-5-12(6-8-13)11-17-10-9-16(19)14-3-1-2-4-15(14)17/h1-8,18H,9-11H2. The molecule has 0 saturated carbocycles. The van der Waals surface area contributed by atoms with Gasteiger partial charge in [0.15, 0.2) is 5.78 Å². The minimum Gasteiger partial charge on any atom is -0.508 e. The molecule has 0 aliphatic carbocycles. The van der Waals surface area contributed by atoms with Crippen molar-refractivity contribution >= 4 is 11.5 Å². The van der Waals surface area contributed by atoms with Crippen LogP contribution in [0.3, 0.4) is 0 Å². The summed E-state index contributed by atoms with van der Waals surface area (Å²) in [6, 6.07) is 14.9. The molecular formula is C16H15NO2. The maximum Gasteiger partial charge on any atom is 0.166 e. The number of phenols is 1. The van der Waals surface area contributed by atoms with Gasteiger partial charge in [-0.15, -0.1) is 0 Å². The number of phenolic OH excluding ortho intramolecular Hbond substituents is 1. The Balaban J connectivity index is 1.88. The predicted molar refractivity (Wildman–Crippen MR) is 74.5 cm³/mol. The van der Waals surface area contributed by atoms with Gasteiger partial charge in [0.05, 0.1) is 0 Å². The SMILES string of the molecule is O=C1CCN(Cc2ccc(O)cc2)c2ccccc21. The zero-order valence-electron chi connectivity index (χ0n) is 10.5. The molecule has 0 saturated heterocycles. The van der Waals surface area contributed by atoms with E-state index in [-0.39, 0.29) is 11.5 Å². The van der Waals surface area contributed by atoms with Gasteiger partial charge < -0.3 is 10.0 Å². The van der Waals surface area contributed by atoms with Gasteiger partial charge in [-0.1, -0.05) is 24.3 Å². The van der Waals surface area contributed by atoms with Crippen LogP contribution >= 0.6 is 0 Å². The molecule has 0 amide bonds. The number of Topliss-reactive ketones (excluding diaryl/α,β-unsaturated/α-hetero) is 1. The molecule has 0 aromatic heterocycles. The number of hydrogen-bond donors (Lipinski definition) is 1. The number of para-hydroxylation sites is 1. The van der Waals surface area contributed by atoms with Crippen LogP contribution in [0.5, 0.6) is 5.75 Å². The van der Waals surface area contributed by atoms with E-state index < -0.39 is 0 Å². The van der Waals surface area contributed by atoms with Crippen molar-refractivity contribution in [3.8, 4) is 5.75 Å². The normalized spacial score (nSPS) is 14.3. The van der Waals surface area contributed by atoms with E-state index in [2.05, 4.69) is 4.90 Å². The number of anilines is 1. The summed E-state index contributed by atoms with van der Waals surface area (Å²) in [4.78, 5) is 14.1. The lowest BCUT2D eigenvalue weighted by molar-refractivity contribution is 0.0979. The van der Waals surface area contributed by atoms with Crippen LogP contribution in [0.4, 0.5) is 5.69 Å². The van der Waals surface area contributed by atoms with E-state index in [0.717, 1.165) is 29.9 Å². The third kappa shape index (κ3) is 2.32. The quantitative estimate of drug-likeness (QED) is 0.894. The molecule has 2 aromatic rings. The monoisotopic (exact) mass is 253 g/mol. The number of fused-ring (bicyclic) bond motifs is 1. The Morgan fingerprint density at radius 2 is 1.79 bits per heavy atom. The van der Waals surface area contributed by atoms with E-state index in [1.165, 1.54) is 0 Å². The van der Waals surface area contributed by atoms with Crippen LogP contribution in [0.2, 0.25) is 0 Å². The number of hydrogen-bond acceptors (Lipinski definition) is 3. The predicted octanol–water partition coefficient (Wildman–Crippen LogP) is 2.99. The summed E-state index contributed by atoms with van der Waals surface area (Å²) < 4.78 is 0. The zero-order valence-corrected chi connectivity index (χ0v) is 10.5. The van der Waals surface area contributed by atoms with Gasteiger partial charge in [-0.25, -0.2) is 0 Å². The van der Waals surface area contributed by atoms with Crippen molar-refractivity contribution in [3.63, 3.8) is 0 Å². The van der Waals surface area contributed by atoms with Crippen LogP contribution in [-0.2, 0) is 6.54 Å². The van der Waals surface area contributed by atoms with Crippen molar-refractivity contribution in [2.75, 3.05) is 11.4 Å². The van der Waals surface area contributed by atoms with Crippen molar-refractivity contribution in [1.82, 2.24) is 0 Å². The molecule has 1 N–H and O–H groups in total. The number of nitrogens with zero attached hydrogens (tertiary/aromatic N) is 1. The van der Waals surface area contributed by atoms with Crippen LogP contribution in [0.25, 0.3) is 0 Å². The number of aromatic hydroxyl groups is 1. The molecule has 3 nitrogen and oxygen atoms in total. The Morgan fingerprint density at radius 3 is 2.58 bits per heavy atom. The summed E-state index contributed by atoms with van der Waals surface area (Å²) >= 11 is 0. The highest BCUT2D eigenvalue weighted by Crippen LogP contribution is 2.28. The Hall–Kier alpha value is -2.29. The molecule has 1 aliphatic rings. The lowest BCUT2D eigenvalue weighted by Gasteiger charge is -2.30. The molecule has 3 heteroatoms. The fourth-order valence-corrected chi connectivity index (χ4v) is 2.46. The van der Waals surface area contributed by atoms with Gasteiger partial charge in [-0.05, 0) is 29.8 Å². The Bertz CT molecular complexity index is 604. The lowest BCUT2D eigenvalue weighted by atomic mass is 10.00. The van der Waals surface area contributed by atoms with Crippen LogP contribution in [0, 0.1) is 0 Å². The second-order valence-corrected chi connectivity index (χ2v) is 4.78. The Morgan fingerprint density at radius 1 is 1.05 bits per heavy atom. The van der Waals surface area contributed by atoms with E-state index in [1.54, 1.807) is 12.1 Å². The first kappa shape index (κ1) is 11.8. The van der Waals surface area contributed by atoms with E-state index in [1.807, 2.05) is 36.4 Å². The third-order valence-corrected chi connectivity index (χ3v) is 3.46. The molecule has 0 bridgehead atoms. The first-order valence-electron chi connectivity index (χ1n) is 6.39. The molecule has 1 aliphatic heterocycles. The Labute approximate surface area is 112 Å². The Kier molecular flexibility index (Phi) is 2.95. The average Bonchev–Trinajstić information content (AvgIpc) is 2.45. The molecule has 2 aromatic carbocycles. The smallest absolute Gasteiger partial charge is 0.166 e. The van der Waals surface area contributed by atoms with E-state index in [4.69, 9.17) is 0 Å². The molecule has 0 fully saturated rings. The number of carbonyl (C=O) groups excluding carboxylic acids is 1. The van der Waals surface area contributed by atoms with Gasteiger partial charge in [-0.3, -0.25) is 4.79 Å². The minimum absolute atomic E-state index is 0.220. The van der Waals surface area contributed by atoms with Crippen LogP contribution < -0.4 is 4.90 Å². The number of benzene rings is 2. The molecule has 3 rings (SSSR count). The first-order valence-corrected chi connectivity index (χ1v) is 6.39. The number of rotatable bonds is 2. The average molecular weight is 253 g/mol. The maximum absolute atomic E-state index is 11.9. The second kappa shape index (κ2) is 4.76. The second-order valence-electron chi connectivity index (χ2n) is 4.78. The fourth-order valence-electron chi connectivity index (χ4n) is 2.46. The summed E-state index contributed by atoms with van der Waals surface area (Å²) in [7, 11) is 0. The number of ketones is 1. The van der Waals surface area contributed by atoms with Crippen molar-refractivity contribution in [2.45, 2.75) is 13.0 Å². The summed E-state index contributed by atoms with van der Waals surface area (Å²) in [5.74, 6) is 0.496. The molecule has 0 radical (unpaired) electrons. The van der Waals surface area contributed by atoms with Crippen LogP contribution in [-0.4, -0.2) is 17.4 Å². The first-order chi connectivity index (χ1) is 9.24. The highest BCUT2D eigenvalue weighted by molar-refractivity contribution is 6.03. The van der Waals surface area contributed by atoms with Gasteiger partial charge in [0.1, 0.15) is 5.75 Å².